The van der Waals surface area contributed by atoms with Gasteiger partial charge in [0.15, 0.2) is 0 Å². The lowest BCUT2D eigenvalue weighted by Gasteiger charge is -2.33. The van der Waals surface area contributed by atoms with Crippen molar-refractivity contribution in [2.75, 3.05) is 13.1 Å². The zero-order valence-corrected chi connectivity index (χ0v) is 15.0. The smallest absolute Gasteiger partial charge is 0.410 e. The van der Waals surface area contributed by atoms with Crippen LogP contribution in [0.25, 0.3) is 0 Å². The normalized spacial score (nSPS) is 16.9. The molecule has 5 nitrogen and oxygen atoms in total. The molecule has 1 N–H and O–H groups in total. The molecule has 1 amide bonds. The number of carbonyl (C=O) groups is 1. The summed E-state index contributed by atoms with van der Waals surface area (Å²) in [6.07, 6.45) is 1.74. The lowest BCUT2D eigenvalue weighted by molar-refractivity contribution is 0.0198. The summed E-state index contributed by atoms with van der Waals surface area (Å²) in [4.78, 5) is 19.6. The van der Waals surface area contributed by atoms with Crippen molar-refractivity contribution < 1.29 is 9.53 Å². The van der Waals surface area contributed by atoms with Crippen molar-refractivity contribution in [2.24, 2.45) is 0 Å². The van der Waals surface area contributed by atoms with E-state index in [1.54, 1.807) is 11.3 Å². The van der Waals surface area contributed by atoms with Crippen molar-refractivity contribution in [2.45, 2.75) is 65.6 Å². The minimum Gasteiger partial charge on any atom is -0.444 e. The summed E-state index contributed by atoms with van der Waals surface area (Å²) >= 11 is 1.76. The van der Waals surface area contributed by atoms with E-state index < -0.39 is 5.60 Å². The fourth-order valence-electron chi connectivity index (χ4n) is 2.57. The molecule has 1 aliphatic rings. The van der Waals surface area contributed by atoms with Gasteiger partial charge in [-0.15, -0.1) is 11.3 Å². The molecule has 1 aromatic rings. The molecule has 0 unspecified atom stereocenters. The van der Waals surface area contributed by atoms with Gasteiger partial charge in [0.1, 0.15) is 5.60 Å². The third-order valence-electron chi connectivity index (χ3n) is 3.70. The molecule has 0 aliphatic carbocycles. The van der Waals surface area contributed by atoms with Gasteiger partial charge in [-0.3, -0.25) is 0 Å². The Balaban J connectivity index is 1.75. The fraction of sp³-hybridized carbons (Fsp3) is 0.750. The highest BCUT2D eigenvalue weighted by molar-refractivity contribution is 7.11. The average Bonchev–Trinajstić information content (AvgIpc) is 2.73. The maximum atomic E-state index is 12.0. The summed E-state index contributed by atoms with van der Waals surface area (Å²) in [5, 5.41) is 4.71. The Kier molecular flexibility index (Phi) is 5.45. The van der Waals surface area contributed by atoms with E-state index in [-0.39, 0.29) is 6.09 Å². The Labute approximate surface area is 137 Å². The molecule has 1 aliphatic heterocycles. The van der Waals surface area contributed by atoms with Crippen molar-refractivity contribution in [3.05, 3.63) is 15.6 Å². The van der Waals surface area contributed by atoms with E-state index in [1.165, 1.54) is 4.88 Å². The number of thiazole rings is 1. The van der Waals surface area contributed by atoms with Crippen LogP contribution < -0.4 is 5.32 Å². The number of nitrogens with zero attached hydrogens (tertiary/aromatic N) is 2. The Bertz CT molecular complexity index is 514. The summed E-state index contributed by atoms with van der Waals surface area (Å²) in [6.45, 7) is 12.2. The molecular formula is C16H27N3O2S. The minimum atomic E-state index is -0.423. The molecule has 6 heteroatoms. The van der Waals surface area contributed by atoms with Crippen LogP contribution in [0.1, 0.15) is 49.2 Å². The van der Waals surface area contributed by atoms with Gasteiger partial charge in [0, 0.05) is 30.6 Å². The van der Waals surface area contributed by atoms with Crippen molar-refractivity contribution >= 4 is 17.4 Å². The van der Waals surface area contributed by atoms with Crippen molar-refractivity contribution in [1.29, 1.82) is 0 Å². The van der Waals surface area contributed by atoms with Crippen LogP contribution in [0.4, 0.5) is 4.79 Å². The number of hydrogen-bond acceptors (Lipinski definition) is 5. The number of aryl methyl sites for hydroxylation is 2. The van der Waals surface area contributed by atoms with Crippen LogP contribution in [0.2, 0.25) is 0 Å². The molecule has 0 bridgehead atoms. The number of rotatable bonds is 3. The fourth-order valence-corrected chi connectivity index (χ4v) is 3.46. The Morgan fingerprint density at radius 3 is 2.50 bits per heavy atom. The second-order valence-corrected chi connectivity index (χ2v) is 8.15. The van der Waals surface area contributed by atoms with Gasteiger partial charge >= 0.3 is 6.09 Å². The molecule has 1 fully saturated rings. The molecule has 0 spiro atoms. The highest BCUT2D eigenvalue weighted by atomic mass is 32.1. The Hall–Kier alpha value is -1.14. The lowest BCUT2D eigenvalue weighted by Crippen LogP contribution is -2.46. The van der Waals surface area contributed by atoms with E-state index in [9.17, 15) is 4.79 Å². The van der Waals surface area contributed by atoms with Gasteiger partial charge in [0.2, 0.25) is 0 Å². The van der Waals surface area contributed by atoms with E-state index >= 15 is 0 Å². The van der Waals surface area contributed by atoms with Gasteiger partial charge in [0.05, 0.1) is 10.7 Å². The summed E-state index contributed by atoms with van der Waals surface area (Å²) in [7, 11) is 0. The zero-order valence-electron chi connectivity index (χ0n) is 14.2. The van der Waals surface area contributed by atoms with Crippen molar-refractivity contribution in [1.82, 2.24) is 15.2 Å². The summed E-state index contributed by atoms with van der Waals surface area (Å²) in [6, 6.07) is 0.459. The molecule has 124 valence electrons. The molecule has 1 aromatic heterocycles. The average molecular weight is 325 g/mol. The summed E-state index contributed by atoms with van der Waals surface area (Å²) in [5.41, 5.74) is 0.703. The first-order valence-electron chi connectivity index (χ1n) is 7.89. The van der Waals surface area contributed by atoms with Crippen LogP contribution in [-0.4, -0.2) is 40.7 Å². The van der Waals surface area contributed by atoms with Crippen molar-refractivity contribution in [3.8, 4) is 0 Å². The maximum absolute atomic E-state index is 12.0. The number of piperidine rings is 1. The number of likely N-dealkylation sites (tertiary alicyclic amines) is 1. The SMILES string of the molecule is Cc1nc(C)c(CNC2CCN(C(=O)OC(C)(C)C)CC2)s1. The van der Waals surface area contributed by atoms with E-state index in [0.29, 0.717) is 6.04 Å². The number of hydrogen-bond donors (Lipinski definition) is 1. The second-order valence-electron chi connectivity index (χ2n) is 6.86. The molecule has 1 saturated heterocycles. The summed E-state index contributed by atoms with van der Waals surface area (Å²) < 4.78 is 5.42. The van der Waals surface area contributed by atoms with Crippen LogP contribution in [0, 0.1) is 13.8 Å². The molecule has 22 heavy (non-hydrogen) atoms. The highest BCUT2D eigenvalue weighted by Gasteiger charge is 2.26. The quantitative estimate of drug-likeness (QED) is 0.927. The zero-order chi connectivity index (χ0) is 16.3. The first-order chi connectivity index (χ1) is 10.2. The van der Waals surface area contributed by atoms with Crippen LogP contribution in [-0.2, 0) is 11.3 Å². The lowest BCUT2D eigenvalue weighted by atomic mass is 10.1. The molecular weight excluding hydrogens is 298 g/mol. The predicted octanol–water partition coefficient (Wildman–Crippen LogP) is 3.25. The van der Waals surface area contributed by atoms with E-state index in [1.807, 2.05) is 32.6 Å². The van der Waals surface area contributed by atoms with Crippen LogP contribution in [0.3, 0.4) is 0 Å². The topological polar surface area (TPSA) is 54.5 Å². The van der Waals surface area contributed by atoms with E-state index in [2.05, 4.69) is 17.2 Å². The van der Waals surface area contributed by atoms with E-state index in [4.69, 9.17) is 4.74 Å². The molecule has 0 aromatic carbocycles. The van der Waals surface area contributed by atoms with Gasteiger partial charge < -0.3 is 15.0 Å². The largest absolute Gasteiger partial charge is 0.444 e. The van der Waals surface area contributed by atoms with Gasteiger partial charge in [0.25, 0.3) is 0 Å². The van der Waals surface area contributed by atoms with Gasteiger partial charge in [-0.25, -0.2) is 9.78 Å². The number of aromatic nitrogens is 1. The molecule has 2 rings (SSSR count). The van der Waals surface area contributed by atoms with Crippen molar-refractivity contribution in [3.63, 3.8) is 0 Å². The van der Waals surface area contributed by atoms with Crippen LogP contribution >= 0.6 is 11.3 Å². The number of nitrogens with one attached hydrogen (secondary N) is 1. The Morgan fingerprint density at radius 1 is 1.36 bits per heavy atom. The maximum Gasteiger partial charge on any atom is 0.410 e. The first-order valence-corrected chi connectivity index (χ1v) is 8.70. The molecule has 2 heterocycles. The highest BCUT2D eigenvalue weighted by Crippen LogP contribution is 2.19. The van der Waals surface area contributed by atoms with Gasteiger partial charge in [-0.1, -0.05) is 0 Å². The monoisotopic (exact) mass is 325 g/mol. The predicted molar refractivity (Wildman–Crippen MR) is 89.3 cm³/mol. The van der Waals surface area contributed by atoms with Crippen LogP contribution in [0.15, 0.2) is 0 Å². The third-order valence-corrected chi connectivity index (χ3v) is 4.77. The molecule has 0 radical (unpaired) electrons. The van der Waals surface area contributed by atoms with Gasteiger partial charge in [-0.05, 0) is 47.5 Å². The number of amides is 1. The van der Waals surface area contributed by atoms with E-state index in [0.717, 1.165) is 43.2 Å². The van der Waals surface area contributed by atoms with Crippen LogP contribution in [0.5, 0.6) is 0 Å². The second kappa shape index (κ2) is 6.96. The third kappa shape index (κ3) is 4.95. The Morgan fingerprint density at radius 2 is 2.00 bits per heavy atom. The number of carbonyl (C=O) groups excluding carboxylic acids is 1. The molecule has 0 saturated carbocycles. The minimum absolute atomic E-state index is 0.195. The van der Waals surface area contributed by atoms with Gasteiger partial charge in [-0.2, -0.15) is 0 Å². The number of ether oxygens (including phenoxy) is 1. The molecule has 0 atom stereocenters. The summed E-state index contributed by atoms with van der Waals surface area (Å²) in [5.74, 6) is 0. The standard InChI is InChI=1S/C16H27N3O2S/c1-11-14(22-12(2)18-11)10-17-13-6-8-19(9-7-13)15(20)21-16(3,4)5/h13,17H,6-10H2,1-5H3. The first kappa shape index (κ1) is 17.2.